The first-order valence-corrected chi connectivity index (χ1v) is 7.01. The van der Waals surface area contributed by atoms with E-state index in [-0.39, 0.29) is 5.92 Å². The molecule has 0 atom stereocenters. The smallest absolute Gasteiger partial charge is 0.306 e. The zero-order chi connectivity index (χ0) is 13.7. The molecule has 4 heteroatoms. The molecular weight excluding hydrogens is 240 g/mol. The minimum atomic E-state index is -0.629. The highest BCUT2D eigenvalue weighted by Gasteiger charge is 2.25. The Kier molecular flexibility index (Phi) is 4.91. The molecule has 1 aliphatic rings. The van der Waals surface area contributed by atoms with E-state index in [2.05, 4.69) is 23.3 Å². The summed E-state index contributed by atoms with van der Waals surface area (Å²) in [6.45, 7) is 3.83. The first-order chi connectivity index (χ1) is 9.16. The molecule has 19 heavy (non-hydrogen) atoms. The van der Waals surface area contributed by atoms with Gasteiger partial charge in [-0.25, -0.2) is 0 Å². The number of pyridine rings is 1. The maximum Gasteiger partial charge on any atom is 0.306 e. The van der Waals surface area contributed by atoms with Crippen molar-refractivity contribution >= 4 is 5.97 Å². The number of hydrogen-bond acceptors (Lipinski definition) is 3. The largest absolute Gasteiger partial charge is 0.481 e. The van der Waals surface area contributed by atoms with Crippen molar-refractivity contribution < 1.29 is 9.90 Å². The number of aliphatic carboxylic acids is 1. The molecule has 0 aliphatic heterocycles. The molecule has 0 unspecified atom stereocenters. The third-order valence-electron chi connectivity index (χ3n) is 4.04. The zero-order valence-corrected chi connectivity index (χ0v) is 11.4. The van der Waals surface area contributed by atoms with Crippen LogP contribution < -0.4 is 5.32 Å². The molecule has 104 valence electrons. The Balaban J connectivity index is 1.70. The predicted octanol–water partition coefficient (Wildman–Crippen LogP) is 2.37. The van der Waals surface area contributed by atoms with Crippen molar-refractivity contribution in [3.05, 3.63) is 29.6 Å². The molecule has 0 spiro atoms. The van der Waals surface area contributed by atoms with Gasteiger partial charge >= 0.3 is 5.97 Å². The molecule has 0 amide bonds. The summed E-state index contributed by atoms with van der Waals surface area (Å²) >= 11 is 0. The van der Waals surface area contributed by atoms with Gasteiger partial charge in [0.05, 0.1) is 11.6 Å². The molecule has 1 fully saturated rings. The van der Waals surface area contributed by atoms with Crippen molar-refractivity contribution in [2.75, 3.05) is 6.54 Å². The Morgan fingerprint density at radius 2 is 2.16 bits per heavy atom. The summed E-state index contributed by atoms with van der Waals surface area (Å²) < 4.78 is 0. The van der Waals surface area contributed by atoms with Crippen LogP contribution in [-0.4, -0.2) is 22.6 Å². The van der Waals surface area contributed by atoms with Gasteiger partial charge in [0.15, 0.2) is 0 Å². The van der Waals surface area contributed by atoms with Crippen molar-refractivity contribution in [1.82, 2.24) is 10.3 Å². The quantitative estimate of drug-likeness (QED) is 0.855. The minimum Gasteiger partial charge on any atom is -0.481 e. The molecule has 2 N–H and O–H groups in total. The third-order valence-corrected chi connectivity index (χ3v) is 4.04. The average Bonchev–Trinajstić information content (AvgIpc) is 2.41. The number of aromatic nitrogens is 1. The highest BCUT2D eigenvalue weighted by atomic mass is 16.4. The highest BCUT2D eigenvalue weighted by Crippen LogP contribution is 2.28. The van der Waals surface area contributed by atoms with Gasteiger partial charge in [-0.1, -0.05) is 6.07 Å². The van der Waals surface area contributed by atoms with Crippen LogP contribution >= 0.6 is 0 Å². The maximum atomic E-state index is 10.9. The molecule has 4 nitrogen and oxygen atoms in total. The highest BCUT2D eigenvalue weighted by molar-refractivity contribution is 5.69. The molecule has 1 aromatic heterocycles. The molecule has 1 saturated carbocycles. The fraction of sp³-hybridized carbons (Fsp3) is 0.600. The standard InChI is InChI=1S/C15H22N2O2/c1-11-3-2-8-17-14(11)10-16-9-12-4-6-13(7-5-12)15(18)19/h2-3,8,12-13,16H,4-7,9-10H2,1H3,(H,18,19). The van der Waals surface area contributed by atoms with E-state index in [9.17, 15) is 4.79 Å². The van der Waals surface area contributed by atoms with E-state index in [4.69, 9.17) is 5.11 Å². The lowest BCUT2D eigenvalue weighted by atomic mass is 9.82. The lowest BCUT2D eigenvalue weighted by Crippen LogP contribution is -2.28. The second-order valence-corrected chi connectivity index (χ2v) is 5.45. The van der Waals surface area contributed by atoms with Crippen LogP contribution in [-0.2, 0) is 11.3 Å². The Bertz CT molecular complexity index is 426. The van der Waals surface area contributed by atoms with Crippen LogP contribution in [0.25, 0.3) is 0 Å². The summed E-state index contributed by atoms with van der Waals surface area (Å²) in [6.07, 6.45) is 5.51. The summed E-state index contributed by atoms with van der Waals surface area (Å²) in [7, 11) is 0. The number of nitrogens with zero attached hydrogens (tertiary/aromatic N) is 1. The van der Waals surface area contributed by atoms with Crippen LogP contribution in [0.1, 0.15) is 36.9 Å². The van der Waals surface area contributed by atoms with Gasteiger partial charge in [-0.15, -0.1) is 0 Å². The molecular formula is C15H22N2O2. The first-order valence-electron chi connectivity index (χ1n) is 7.01. The number of rotatable bonds is 5. The normalized spacial score (nSPS) is 23.2. The van der Waals surface area contributed by atoms with E-state index in [0.717, 1.165) is 44.5 Å². The fourth-order valence-electron chi connectivity index (χ4n) is 2.71. The van der Waals surface area contributed by atoms with Crippen molar-refractivity contribution in [3.63, 3.8) is 0 Å². The van der Waals surface area contributed by atoms with Crippen molar-refractivity contribution in [2.24, 2.45) is 11.8 Å². The monoisotopic (exact) mass is 262 g/mol. The molecule has 1 aliphatic carbocycles. The average molecular weight is 262 g/mol. The van der Waals surface area contributed by atoms with Crippen LogP contribution in [0, 0.1) is 18.8 Å². The second-order valence-electron chi connectivity index (χ2n) is 5.45. The van der Waals surface area contributed by atoms with E-state index in [0.29, 0.717) is 5.92 Å². The number of carbonyl (C=O) groups is 1. The van der Waals surface area contributed by atoms with Gasteiger partial charge in [-0.05, 0) is 56.7 Å². The Morgan fingerprint density at radius 3 is 2.79 bits per heavy atom. The second kappa shape index (κ2) is 6.66. The summed E-state index contributed by atoms with van der Waals surface area (Å²) in [5.41, 5.74) is 2.31. The number of carboxylic acid groups (broad SMARTS) is 1. The SMILES string of the molecule is Cc1cccnc1CNCC1CCC(C(=O)O)CC1. The molecule has 1 aromatic rings. The summed E-state index contributed by atoms with van der Waals surface area (Å²) in [5, 5.41) is 12.4. The van der Waals surface area contributed by atoms with Crippen molar-refractivity contribution in [1.29, 1.82) is 0 Å². The van der Waals surface area contributed by atoms with E-state index in [1.165, 1.54) is 5.56 Å². The van der Waals surface area contributed by atoms with Crippen molar-refractivity contribution in [3.8, 4) is 0 Å². The van der Waals surface area contributed by atoms with Crippen LogP contribution in [0.2, 0.25) is 0 Å². The van der Waals surface area contributed by atoms with Crippen LogP contribution in [0.3, 0.4) is 0 Å². The van der Waals surface area contributed by atoms with Crippen LogP contribution in [0.4, 0.5) is 0 Å². The molecule has 0 bridgehead atoms. The summed E-state index contributed by atoms with van der Waals surface area (Å²) in [4.78, 5) is 15.2. The van der Waals surface area contributed by atoms with E-state index >= 15 is 0 Å². The number of carboxylic acids is 1. The molecule has 0 aromatic carbocycles. The Morgan fingerprint density at radius 1 is 1.42 bits per heavy atom. The lowest BCUT2D eigenvalue weighted by molar-refractivity contribution is -0.143. The molecule has 0 saturated heterocycles. The van der Waals surface area contributed by atoms with Gasteiger partial charge in [-0.3, -0.25) is 9.78 Å². The Labute approximate surface area is 114 Å². The zero-order valence-electron chi connectivity index (χ0n) is 11.4. The van der Waals surface area contributed by atoms with Gasteiger partial charge in [0.2, 0.25) is 0 Å². The number of nitrogens with one attached hydrogen (secondary N) is 1. The lowest BCUT2D eigenvalue weighted by Gasteiger charge is -2.26. The van der Waals surface area contributed by atoms with Crippen LogP contribution in [0.15, 0.2) is 18.3 Å². The molecule has 0 radical (unpaired) electrons. The maximum absolute atomic E-state index is 10.9. The van der Waals surface area contributed by atoms with E-state index < -0.39 is 5.97 Å². The molecule has 2 rings (SSSR count). The first kappa shape index (κ1) is 14.0. The minimum absolute atomic E-state index is 0.116. The number of hydrogen-bond donors (Lipinski definition) is 2. The van der Waals surface area contributed by atoms with Gasteiger partial charge < -0.3 is 10.4 Å². The third kappa shape index (κ3) is 4.03. The summed E-state index contributed by atoms with van der Waals surface area (Å²) in [5.74, 6) is -0.135. The van der Waals surface area contributed by atoms with E-state index in [1.807, 2.05) is 12.3 Å². The number of aryl methyl sites for hydroxylation is 1. The van der Waals surface area contributed by atoms with Gasteiger partial charge in [0.25, 0.3) is 0 Å². The van der Waals surface area contributed by atoms with Crippen LogP contribution in [0.5, 0.6) is 0 Å². The fourth-order valence-corrected chi connectivity index (χ4v) is 2.71. The van der Waals surface area contributed by atoms with Gasteiger partial charge in [0.1, 0.15) is 0 Å². The van der Waals surface area contributed by atoms with E-state index in [1.54, 1.807) is 0 Å². The van der Waals surface area contributed by atoms with Gasteiger partial charge in [0, 0.05) is 12.7 Å². The Hall–Kier alpha value is -1.42. The van der Waals surface area contributed by atoms with Gasteiger partial charge in [-0.2, -0.15) is 0 Å². The predicted molar refractivity (Wildman–Crippen MR) is 73.8 cm³/mol. The van der Waals surface area contributed by atoms with Crippen molar-refractivity contribution in [2.45, 2.75) is 39.2 Å². The summed E-state index contributed by atoms with van der Waals surface area (Å²) in [6, 6.07) is 4.02. The topological polar surface area (TPSA) is 62.2 Å². The molecule has 1 heterocycles.